The van der Waals surface area contributed by atoms with Crippen LogP contribution in [0.25, 0.3) is 11.5 Å². The van der Waals surface area contributed by atoms with Gasteiger partial charge < -0.3 is 19.0 Å². The van der Waals surface area contributed by atoms with Gasteiger partial charge in [-0.2, -0.15) is 0 Å². The number of aromatic nitrogens is 1. The van der Waals surface area contributed by atoms with Crippen molar-refractivity contribution in [3.63, 3.8) is 0 Å². The largest absolute Gasteiger partial charge is 0.497 e. The van der Waals surface area contributed by atoms with Crippen LogP contribution in [0.3, 0.4) is 0 Å². The van der Waals surface area contributed by atoms with Crippen molar-refractivity contribution in [1.29, 1.82) is 0 Å². The molecule has 3 aromatic rings. The smallest absolute Gasteiger partial charge is 0.232 e. The number of hydrogen-bond donors (Lipinski definition) is 0. The van der Waals surface area contributed by atoms with Crippen molar-refractivity contribution in [2.45, 2.75) is 26.5 Å². The highest BCUT2D eigenvalue weighted by Crippen LogP contribution is 2.27. The van der Waals surface area contributed by atoms with Gasteiger partial charge in [0.1, 0.15) is 11.5 Å². The molecule has 0 unspecified atom stereocenters. The molecule has 1 fully saturated rings. The van der Waals surface area contributed by atoms with Gasteiger partial charge in [0, 0.05) is 43.2 Å². The highest BCUT2D eigenvalue weighted by molar-refractivity contribution is 7.99. The summed E-state index contributed by atoms with van der Waals surface area (Å²) in [7, 11) is 1.64. The quantitative estimate of drug-likeness (QED) is 0.497. The minimum atomic E-state index is 0.192. The molecule has 4 rings (SSSR count). The third kappa shape index (κ3) is 5.36. The Balaban J connectivity index is 1.27. The third-order valence-corrected chi connectivity index (χ3v) is 7.17. The van der Waals surface area contributed by atoms with Gasteiger partial charge >= 0.3 is 0 Å². The van der Waals surface area contributed by atoms with Crippen LogP contribution in [0.4, 0.5) is 5.69 Å². The summed E-state index contributed by atoms with van der Waals surface area (Å²) in [6.45, 7) is 9.50. The first-order valence-corrected chi connectivity index (χ1v) is 12.4. The van der Waals surface area contributed by atoms with E-state index in [2.05, 4.69) is 41.9 Å². The molecular weight excluding hydrogens is 434 g/mol. The molecule has 0 atom stereocenters. The maximum absolute atomic E-state index is 12.8. The van der Waals surface area contributed by atoms with Gasteiger partial charge in [-0.1, -0.05) is 12.1 Å². The van der Waals surface area contributed by atoms with E-state index in [4.69, 9.17) is 9.15 Å². The van der Waals surface area contributed by atoms with Crippen molar-refractivity contribution in [3.8, 4) is 17.2 Å². The number of carbonyl (C=O) groups excluding carboxylic acids is 1. The number of piperazine rings is 1. The number of amides is 1. The molecule has 1 saturated heterocycles. The zero-order valence-corrected chi connectivity index (χ0v) is 20.6. The number of oxazole rings is 1. The minimum absolute atomic E-state index is 0.192. The molecule has 0 aliphatic carbocycles. The fraction of sp³-hybridized carbons (Fsp3) is 0.385. The van der Waals surface area contributed by atoms with Crippen molar-refractivity contribution in [2.24, 2.45) is 0 Å². The average molecular weight is 466 g/mol. The second-order valence-electron chi connectivity index (χ2n) is 8.33. The van der Waals surface area contributed by atoms with Gasteiger partial charge in [-0.3, -0.25) is 4.79 Å². The van der Waals surface area contributed by atoms with Gasteiger partial charge in [0.25, 0.3) is 0 Å². The molecule has 174 valence electrons. The zero-order valence-electron chi connectivity index (χ0n) is 19.8. The fourth-order valence-corrected chi connectivity index (χ4v) is 4.94. The molecule has 1 aliphatic rings. The molecule has 1 amide bonds. The molecule has 2 heterocycles. The van der Waals surface area contributed by atoms with E-state index in [1.54, 1.807) is 18.9 Å². The van der Waals surface area contributed by atoms with Crippen LogP contribution in [0.15, 0.2) is 46.9 Å². The Bertz CT molecular complexity index is 1100. The lowest BCUT2D eigenvalue weighted by Crippen LogP contribution is -2.49. The van der Waals surface area contributed by atoms with E-state index >= 15 is 0 Å². The number of thioether (sulfide) groups is 1. The Morgan fingerprint density at radius 1 is 1.06 bits per heavy atom. The lowest BCUT2D eigenvalue weighted by molar-refractivity contribution is -0.128. The van der Waals surface area contributed by atoms with Crippen LogP contribution in [0.5, 0.6) is 5.75 Å². The van der Waals surface area contributed by atoms with Crippen molar-refractivity contribution in [1.82, 2.24) is 9.88 Å². The second kappa shape index (κ2) is 10.3. The molecule has 7 heteroatoms. The van der Waals surface area contributed by atoms with Crippen molar-refractivity contribution in [2.75, 3.05) is 43.9 Å². The molecule has 6 nitrogen and oxygen atoms in total. The monoisotopic (exact) mass is 465 g/mol. The summed E-state index contributed by atoms with van der Waals surface area (Å²) in [6, 6.07) is 14.1. The van der Waals surface area contributed by atoms with Crippen LogP contribution in [-0.4, -0.2) is 54.8 Å². The van der Waals surface area contributed by atoms with Crippen molar-refractivity contribution < 1.29 is 13.9 Å². The van der Waals surface area contributed by atoms with Crippen LogP contribution in [0.1, 0.15) is 22.6 Å². The molecule has 0 saturated carbocycles. The summed E-state index contributed by atoms with van der Waals surface area (Å²) in [5, 5.41) is 0. The van der Waals surface area contributed by atoms with E-state index in [0.717, 1.165) is 48.9 Å². The molecule has 1 aromatic heterocycles. The topological polar surface area (TPSA) is 58.8 Å². The summed E-state index contributed by atoms with van der Waals surface area (Å²) < 4.78 is 11.1. The molecule has 1 aliphatic heterocycles. The Kier molecular flexibility index (Phi) is 7.28. The summed E-state index contributed by atoms with van der Waals surface area (Å²) in [5.41, 5.74) is 5.71. The van der Waals surface area contributed by atoms with E-state index in [9.17, 15) is 4.79 Å². The van der Waals surface area contributed by atoms with Crippen LogP contribution < -0.4 is 9.64 Å². The normalized spacial score (nSPS) is 13.9. The SMILES string of the molecule is COc1ccc(-c2nc(CSCC(=O)N3CCN(c4cccc(C)c4C)CC3)c(C)o2)cc1. The van der Waals surface area contributed by atoms with E-state index in [1.165, 1.54) is 16.8 Å². The lowest BCUT2D eigenvalue weighted by Gasteiger charge is -2.37. The first-order chi connectivity index (χ1) is 16.0. The summed E-state index contributed by atoms with van der Waals surface area (Å²) in [4.78, 5) is 21.8. The molecule has 0 bridgehead atoms. The lowest BCUT2D eigenvalue weighted by atomic mass is 10.1. The highest BCUT2D eigenvalue weighted by atomic mass is 32.2. The molecule has 33 heavy (non-hydrogen) atoms. The van der Waals surface area contributed by atoms with E-state index in [1.807, 2.05) is 36.1 Å². The summed E-state index contributed by atoms with van der Waals surface area (Å²) in [6.07, 6.45) is 0. The van der Waals surface area contributed by atoms with Crippen molar-refractivity contribution >= 4 is 23.4 Å². The predicted molar refractivity (Wildman–Crippen MR) is 134 cm³/mol. The first-order valence-electron chi connectivity index (χ1n) is 11.2. The van der Waals surface area contributed by atoms with Gasteiger partial charge in [0.15, 0.2) is 0 Å². The van der Waals surface area contributed by atoms with Crippen molar-refractivity contribution in [3.05, 3.63) is 65.0 Å². The number of nitrogens with zero attached hydrogens (tertiary/aromatic N) is 3. The van der Waals surface area contributed by atoms with Gasteiger partial charge in [-0.05, 0) is 62.2 Å². The highest BCUT2D eigenvalue weighted by Gasteiger charge is 2.22. The Morgan fingerprint density at radius 2 is 1.79 bits per heavy atom. The minimum Gasteiger partial charge on any atom is -0.497 e. The summed E-state index contributed by atoms with van der Waals surface area (Å²) >= 11 is 1.59. The van der Waals surface area contributed by atoms with E-state index < -0.39 is 0 Å². The summed E-state index contributed by atoms with van der Waals surface area (Å²) in [5.74, 6) is 3.48. The maximum Gasteiger partial charge on any atom is 0.232 e. The Labute approximate surface area is 199 Å². The van der Waals surface area contributed by atoms with Gasteiger partial charge in [-0.25, -0.2) is 4.98 Å². The Hall–Kier alpha value is -2.93. The van der Waals surface area contributed by atoms with Crippen LogP contribution in [0, 0.1) is 20.8 Å². The van der Waals surface area contributed by atoms with Crippen LogP contribution in [-0.2, 0) is 10.5 Å². The number of anilines is 1. The zero-order chi connectivity index (χ0) is 23.4. The Morgan fingerprint density at radius 3 is 2.48 bits per heavy atom. The standard InChI is InChI=1S/C26H31N3O3S/c1-18-6-5-7-24(19(18)2)28-12-14-29(15-13-28)25(30)17-33-16-23-20(3)32-26(27-23)21-8-10-22(31-4)11-9-21/h5-11H,12-17H2,1-4H3. The number of aryl methyl sites for hydroxylation is 2. The molecular formula is C26H31N3O3S. The number of benzene rings is 2. The second-order valence-corrected chi connectivity index (χ2v) is 9.32. The molecule has 0 spiro atoms. The van der Waals surface area contributed by atoms with Gasteiger partial charge in [0.05, 0.1) is 18.6 Å². The molecule has 2 aromatic carbocycles. The number of ether oxygens (including phenoxy) is 1. The molecule has 0 N–H and O–H groups in total. The predicted octanol–water partition coefficient (Wildman–Crippen LogP) is 4.86. The maximum atomic E-state index is 12.8. The number of methoxy groups -OCH3 is 1. The number of hydrogen-bond acceptors (Lipinski definition) is 6. The number of rotatable bonds is 7. The van der Waals surface area contributed by atoms with Crippen LogP contribution >= 0.6 is 11.8 Å². The van der Waals surface area contributed by atoms with Crippen LogP contribution in [0.2, 0.25) is 0 Å². The molecule has 0 radical (unpaired) electrons. The van der Waals surface area contributed by atoms with E-state index in [-0.39, 0.29) is 5.91 Å². The fourth-order valence-electron chi connectivity index (χ4n) is 4.02. The average Bonchev–Trinajstić information content (AvgIpc) is 3.21. The number of carbonyl (C=O) groups is 1. The van der Waals surface area contributed by atoms with E-state index in [0.29, 0.717) is 17.4 Å². The first kappa shape index (κ1) is 23.2. The van der Waals surface area contributed by atoms with Gasteiger partial charge in [-0.15, -0.1) is 11.8 Å². The van der Waals surface area contributed by atoms with Gasteiger partial charge in [0.2, 0.25) is 11.8 Å². The third-order valence-electron chi connectivity index (χ3n) is 6.24.